The van der Waals surface area contributed by atoms with Gasteiger partial charge >= 0.3 is 0 Å². The van der Waals surface area contributed by atoms with E-state index in [0.29, 0.717) is 0 Å². The third kappa shape index (κ3) is 1.42. The summed E-state index contributed by atoms with van der Waals surface area (Å²) in [5.74, 6) is 0. The second-order valence-corrected chi connectivity index (χ2v) is 1.95. The Morgan fingerprint density at radius 2 is 1.50 bits per heavy atom. The van der Waals surface area contributed by atoms with E-state index in [0.717, 1.165) is 6.67 Å². The summed E-state index contributed by atoms with van der Waals surface area (Å²) >= 11 is 0. The summed E-state index contributed by atoms with van der Waals surface area (Å²) in [4.78, 5) is 4.25. The Morgan fingerprint density at radius 1 is 1.12 bits per heavy atom. The molecular weight excluding hydrogens is 104 g/mol. The largest absolute Gasteiger partial charge is 0.412 e. The molecule has 0 aliphatic carbocycles. The molecule has 0 radical (unpaired) electrons. The minimum absolute atomic E-state index is 0. The lowest BCUT2D eigenvalue weighted by molar-refractivity contribution is 0.340. The molecule has 0 amide bonds. The van der Waals surface area contributed by atoms with E-state index < -0.39 is 0 Å². The highest BCUT2D eigenvalue weighted by Crippen LogP contribution is 1.97. The number of rotatable bonds is 0. The first-order valence-electron chi connectivity index (χ1n) is 2.38. The van der Waals surface area contributed by atoms with Gasteiger partial charge in [-0.3, -0.25) is 0 Å². The van der Waals surface area contributed by atoms with Gasteiger partial charge in [0.25, 0.3) is 0 Å². The number of hydrogen-bond donors (Lipinski definition) is 0. The van der Waals surface area contributed by atoms with Crippen LogP contribution in [0.3, 0.4) is 0 Å². The van der Waals surface area contributed by atoms with Gasteiger partial charge in [-0.1, -0.05) is 0 Å². The maximum Gasteiger partial charge on any atom is 0.0887 e. The molecule has 48 valence electrons. The molecule has 1 rings (SSSR count). The molecule has 0 aromatic carbocycles. The smallest absolute Gasteiger partial charge is 0.0887 e. The Bertz CT molecular complexity index is 82.4. The van der Waals surface area contributed by atoms with E-state index in [4.69, 9.17) is 0 Å². The first-order chi connectivity index (χ1) is 3.29. The first-order valence-corrected chi connectivity index (χ1v) is 2.38. The van der Waals surface area contributed by atoms with Crippen LogP contribution in [0, 0.1) is 0 Å². The molecule has 0 saturated heterocycles. The molecule has 1 heterocycles. The lowest BCUT2D eigenvalue weighted by Gasteiger charge is -2.10. The van der Waals surface area contributed by atoms with Gasteiger partial charge < -0.3 is 15.3 Å². The van der Waals surface area contributed by atoms with E-state index in [1.54, 1.807) is 0 Å². The van der Waals surface area contributed by atoms with Crippen LogP contribution >= 0.6 is 0 Å². The van der Waals surface area contributed by atoms with Gasteiger partial charge in [0.15, 0.2) is 0 Å². The average molecular weight is 116 g/mol. The molecule has 1 aliphatic rings. The van der Waals surface area contributed by atoms with E-state index in [1.807, 2.05) is 0 Å². The summed E-state index contributed by atoms with van der Waals surface area (Å²) in [6.45, 7) is 1.03. The van der Waals surface area contributed by atoms with Crippen LogP contribution in [-0.4, -0.2) is 36.0 Å². The molecule has 0 aromatic heterocycles. The molecule has 8 heavy (non-hydrogen) atoms. The first kappa shape index (κ1) is 7.30. The summed E-state index contributed by atoms with van der Waals surface area (Å²) in [5.41, 5.74) is 0. The van der Waals surface area contributed by atoms with Crippen molar-refractivity contribution >= 4 is 0 Å². The number of hydrogen-bond acceptors (Lipinski definition) is 2. The number of nitrogens with zero attached hydrogens (tertiary/aromatic N) is 2. The Kier molecular flexibility index (Phi) is 2.34. The van der Waals surface area contributed by atoms with Crippen LogP contribution < -0.4 is 0 Å². The molecule has 0 aromatic rings. The molecule has 0 spiro atoms. The summed E-state index contributed by atoms with van der Waals surface area (Å²) < 4.78 is 0. The molecule has 1 aliphatic heterocycles. The van der Waals surface area contributed by atoms with Gasteiger partial charge in [0, 0.05) is 26.5 Å². The molecular formula is C5H12N2O. The van der Waals surface area contributed by atoms with Crippen LogP contribution in [0.1, 0.15) is 0 Å². The minimum Gasteiger partial charge on any atom is -0.412 e. The Hall–Kier alpha value is -0.700. The van der Waals surface area contributed by atoms with Crippen molar-refractivity contribution in [1.29, 1.82) is 0 Å². The van der Waals surface area contributed by atoms with Gasteiger partial charge in [-0.25, -0.2) is 0 Å². The lowest BCUT2D eigenvalue weighted by Crippen LogP contribution is -2.17. The Balaban J connectivity index is 0.000000490. The third-order valence-corrected chi connectivity index (χ3v) is 1.02. The monoisotopic (exact) mass is 116 g/mol. The van der Waals surface area contributed by atoms with E-state index in [9.17, 15) is 0 Å². The highest BCUT2D eigenvalue weighted by atomic mass is 16.0. The molecule has 3 nitrogen and oxygen atoms in total. The van der Waals surface area contributed by atoms with E-state index in [2.05, 4.69) is 36.3 Å². The fourth-order valence-electron chi connectivity index (χ4n) is 0.674. The van der Waals surface area contributed by atoms with Crippen molar-refractivity contribution in [1.82, 2.24) is 9.80 Å². The minimum atomic E-state index is 0. The highest BCUT2D eigenvalue weighted by molar-refractivity contribution is 4.85. The summed E-state index contributed by atoms with van der Waals surface area (Å²) in [6, 6.07) is 0. The summed E-state index contributed by atoms with van der Waals surface area (Å²) in [7, 11) is 4.11. The van der Waals surface area contributed by atoms with Gasteiger partial charge in [0.2, 0.25) is 0 Å². The second kappa shape index (κ2) is 2.57. The van der Waals surface area contributed by atoms with Crippen molar-refractivity contribution in [3.05, 3.63) is 12.4 Å². The van der Waals surface area contributed by atoms with E-state index in [-0.39, 0.29) is 5.48 Å². The maximum atomic E-state index is 2.12. The van der Waals surface area contributed by atoms with Gasteiger partial charge in [-0.05, 0) is 0 Å². The third-order valence-electron chi connectivity index (χ3n) is 1.02. The van der Waals surface area contributed by atoms with Gasteiger partial charge in [-0.15, -0.1) is 0 Å². The normalized spacial score (nSPS) is 16.8. The second-order valence-electron chi connectivity index (χ2n) is 1.95. The predicted octanol–water partition coefficient (Wildman–Crippen LogP) is -0.532. The zero-order valence-electron chi connectivity index (χ0n) is 5.26. The van der Waals surface area contributed by atoms with Crippen LogP contribution in [0.5, 0.6) is 0 Å². The maximum absolute atomic E-state index is 2.12. The standard InChI is InChI=1S/C5H10N2.H2O/c1-6-3-4-7(2)5-6;/h3-4H,5H2,1-2H3;1H2. The molecule has 3 heteroatoms. The Morgan fingerprint density at radius 3 is 1.62 bits per heavy atom. The molecule has 0 fully saturated rings. The average Bonchev–Trinajstić information content (AvgIpc) is 1.87. The molecule has 0 bridgehead atoms. The summed E-state index contributed by atoms with van der Waals surface area (Å²) in [6.07, 6.45) is 4.11. The van der Waals surface area contributed by atoms with Gasteiger partial charge in [0.1, 0.15) is 0 Å². The van der Waals surface area contributed by atoms with Crippen molar-refractivity contribution in [3.63, 3.8) is 0 Å². The Labute approximate surface area is 49.5 Å². The highest BCUT2D eigenvalue weighted by Gasteiger charge is 1.99. The van der Waals surface area contributed by atoms with Crippen molar-refractivity contribution in [2.75, 3.05) is 20.8 Å². The quantitative estimate of drug-likeness (QED) is 0.426. The topological polar surface area (TPSA) is 38.0 Å². The van der Waals surface area contributed by atoms with Crippen molar-refractivity contribution in [2.45, 2.75) is 0 Å². The summed E-state index contributed by atoms with van der Waals surface area (Å²) in [5, 5.41) is 0. The van der Waals surface area contributed by atoms with Gasteiger partial charge in [-0.2, -0.15) is 0 Å². The fourth-order valence-corrected chi connectivity index (χ4v) is 0.674. The molecule has 2 N–H and O–H groups in total. The SMILES string of the molecule is CN1C=CN(C)C1.O. The van der Waals surface area contributed by atoms with Crippen molar-refractivity contribution in [2.24, 2.45) is 0 Å². The van der Waals surface area contributed by atoms with Gasteiger partial charge in [0.05, 0.1) is 6.67 Å². The van der Waals surface area contributed by atoms with Crippen LogP contribution in [0.25, 0.3) is 0 Å². The fraction of sp³-hybridized carbons (Fsp3) is 0.600. The zero-order chi connectivity index (χ0) is 5.28. The van der Waals surface area contributed by atoms with E-state index >= 15 is 0 Å². The predicted molar refractivity (Wildman–Crippen MR) is 33.1 cm³/mol. The molecule has 0 unspecified atom stereocenters. The van der Waals surface area contributed by atoms with Crippen LogP contribution in [0.2, 0.25) is 0 Å². The van der Waals surface area contributed by atoms with Crippen molar-refractivity contribution < 1.29 is 5.48 Å². The van der Waals surface area contributed by atoms with Crippen LogP contribution in [0.15, 0.2) is 12.4 Å². The van der Waals surface area contributed by atoms with Crippen molar-refractivity contribution in [3.8, 4) is 0 Å². The van der Waals surface area contributed by atoms with E-state index in [1.165, 1.54) is 0 Å². The van der Waals surface area contributed by atoms with Crippen LogP contribution in [0.4, 0.5) is 0 Å². The lowest BCUT2D eigenvalue weighted by atomic mass is 10.9. The van der Waals surface area contributed by atoms with Crippen LogP contribution in [-0.2, 0) is 0 Å². The molecule has 0 saturated carbocycles. The zero-order valence-corrected chi connectivity index (χ0v) is 5.26. The molecule has 0 atom stereocenters.